The topological polar surface area (TPSA) is 81.3 Å². The Labute approximate surface area is 176 Å². The third-order valence-corrected chi connectivity index (χ3v) is 5.57. The van der Waals surface area contributed by atoms with Crippen molar-refractivity contribution in [1.29, 1.82) is 0 Å². The van der Waals surface area contributed by atoms with E-state index in [2.05, 4.69) is 15.8 Å². The minimum Gasteiger partial charge on any atom is -0.491 e. The average Bonchev–Trinajstić information content (AvgIpc) is 3.32. The number of benzene rings is 1. The molecular weight excluding hydrogens is 380 g/mol. The van der Waals surface area contributed by atoms with Crippen LogP contribution < -0.4 is 15.4 Å². The first kappa shape index (κ1) is 20.2. The number of hydrogen-bond acceptors (Lipinski definition) is 5. The number of aryl methyl sites for hydroxylation is 3. The molecule has 1 aliphatic rings. The van der Waals surface area contributed by atoms with E-state index in [1.54, 1.807) is 10.6 Å². The Balaban J connectivity index is 1.61. The standard InChI is InChI=1S/C23H28N4O3/c1-15-22(16(2)30-26-15)19-13-17(25-23(28)20-8-6-12-27(20)3)9-10-21(19)29-14-18-7-4-5-11-24-18/h6,8-10,12-13,18,24H,4-5,7,11,14H2,1-3H3,(H,25,28). The largest absolute Gasteiger partial charge is 0.491 e. The molecule has 3 heterocycles. The molecule has 2 N–H and O–H groups in total. The van der Waals surface area contributed by atoms with Gasteiger partial charge in [-0.3, -0.25) is 4.79 Å². The van der Waals surface area contributed by atoms with Gasteiger partial charge in [-0.15, -0.1) is 0 Å². The predicted octanol–water partition coefficient (Wildman–Crippen LogP) is 4.07. The molecule has 158 valence electrons. The van der Waals surface area contributed by atoms with Crippen LogP contribution in [0, 0.1) is 13.8 Å². The molecule has 1 amide bonds. The van der Waals surface area contributed by atoms with Crippen molar-refractivity contribution in [3.05, 3.63) is 53.7 Å². The lowest BCUT2D eigenvalue weighted by molar-refractivity contribution is 0.101. The number of nitrogens with zero attached hydrogens (tertiary/aromatic N) is 2. The van der Waals surface area contributed by atoms with Gasteiger partial charge in [0.15, 0.2) is 0 Å². The molecule has 0 aliphatic carbocycles. The van der Waals surface area contributed by atoms with Crippen molar-refractivity contribution >= 4 is 11.6 Å². The lowest BCUT2D eigenvalue weighted by Gasteiger charge is -2.24. The highest BCUT2D eigenvalue weighted by Gasteiger charge is 2.20. The molecule has 1 unspecified atom stereocenters. The van der Waals surface area contributed by atoms with Gasteiger partial charge in [-0.2, -0.15) is 0 Å². The summed E-state index contributed by atoms with van der Waals surface area (Å²) >= 11 is 0. The zero-order chi connectivity index (χ0) is 21.1. The molecule has 0 spiro atoms. The summed E-state index contributed by atoms with van der Waals surface area (Å²) in [7, 11) is 1.85. The van der Waals surface area contributed by atoms with Crippen molar-refractivity contribution in [3.8, 4) is 16.9 Å². The molecule has 0 saturated carbocycles. The molecule has 1 fully saturated rings. The zero-order valence-corrected chi connectivity index (χ0v) is 17.7. The van der Waals surface area contributed by atoms with E-state index in [9.17, 15) is 4.79 Å². The van der Waals surface area contributed by atoms with Gasteiger partial charge in [0.1, 0.15) is 23.8 Å². The van der Waals surface area contributed by atoms with Crippen molar-refractivity contribution in [2.75, 3.05) is 18.5 Å². The lowest BCUT2D eigenvalue weighted by Crippen LogP contribution is -2.38. The first-order valence-electron chi connectivity index (χ1n) is 10.4. The maximum Gasteiger partial charge on any atom is 0.272 e. The third-order valence-electron chi connectivity index (χ3n) is 5.57. The predicted molar refractivity (Wildman–Crippen MR) is 116 cm³/mol. The van der Waals surface area contributed by atoms with Gasteiger partial charge < -0.3 is 24.5 Å². The van der Waals surface area contributed by atoms with Crippen LogP contribution in [0.4, 0.5) is 5.69 Å². The second kappa shape index (κ2) is 8.75. The Morgan fingerprint density at radius 3 is 2.87 bits per heavy atom. The molecular formula is C23H28N4O3. The average molecular weight is 409 g/mol. The van der Waals surface area contributed by atoms with Crippen LogP contribution in [0.25, 0.3) is 11.1 Å². The molecule has 0 bridgehead atoms. The number of carbonyl (C=O) groups excluding carboxylic acids is 1. The van der Waals surface area contributed by atoms with Gasteiger partial charge in [0.25, 0.3) is 5.91 Å². The van der Waals surface area contributed by atoms with Crippen LogP contribution in [0.2, 0.25) is 0 Å². The van der Waals surface area contributed by atoms with Gasteiger partial charge in [-0.05, 0) is 63.6 Å². The minimum atomic E-state index is -0.160. The van der Waals surface area contributed by atoms with Crippen LogP contribution in [0.5, 0.6) is 5.75 Å². The Bertz CT molecular complexity index is 1010. The summed E-state index contributed by atoms with van der Waals surface area (Å²) in [5.41, 5.74) is 3.85. The van der Waals surface area contributed by atoms with Crippen molar-refractivity contribution in [3.63, 3.8) is 0 Å². The van der Waals surface area contributed by atoms with Crippen LogP contribution in [0.3, 0.4) is 0 Å². The van der Waals surface area contributed by atoms with Crippen molar-refractivity contribution in [2.24, 2.45) is 7.05 Å². The molecule has 1 aromatic carbocycles. The van der Waals surface area contributed by atoms with Gasteiger partial charge in [-0.1, -0.05) is 11.6 Å². The molecule has 7 nitrogen and oxygen atoms in total. The lowest BCUT2D eigenvalue weighted by atomic mass is 10.0. The molecule has 1 aliphatic heterocycles. The van der Waals surface area contributed by atoms with Gasteiger partial charge in [-0.25, -0.2) is 0 Å². The van der Waals surface area contributed by atoms with E-state index in [1.807, 2.05) is 51.4 Å². The van der Waals surface area contributed by atoms with E-state index in [1.165, 1.54) is 12.8 Å². The number of rotatable bonds is 6. The van der Waals surface area contributed by atoms with Crippen molar-refractivity contribution in [2.45, 2.75) is 39.2 Å². The van der Waals surface area contributed by atoms with E-state index >= 15 is 0 Å². The second-order valence-corrected chi connectivity index (χ2v) is 7.83. The monoisotopic (exact) mass is 408 g/mol. The Morgan fingerprint density at radius 1 is 1.33 bits per heavy atom. The highest BCUT2D eigenvalue weighted by Crippen LogP contribution is 2.37. The van der Waals surface area contributed by atoms with E-state index in [-0.39, 0.29) is 5.91 Å². The van der Waals surface area contributed by atoms with Gasteiger partial charge >= 0.3 is 0 Å². The molecule has 3 aromatic rings. The number of amides is 1. The fourth-order valence-corrected chi connectivity index (χ4v) is 3.95. The number of ether oxygens (including phenoxy) is 1. The van der Waals surface area contributed by atoms with Crippen LogP contribution in [0.1, 0.15) is 41.2 Å². The minimum absolute atomic E-state index is 0.160. The van der Waals surface area contributed by atoms with Crippen LogP contribution in [-0.4, -0.2) is 34.8 Å². The highest BCUT2D eigenvalue weighted by atomic mass is 16.5. The summed E-state index contributed by atoms with van der Waals surface area (Å²) in [4.78, 5) is 12.6. The molecule has 4 rings (SSSR count). The number of hydrogen-bond donors (Lipinski definition) is 2. The molecule has 0 radical (unpaired) electrons. The summed E-state index contributed by atoms with van der Waals surface area (Å²) in [6, 6.07) is 9.70. The van der Waals surface area contributed by atoms with Gasteiger partial charge in [0, 0.05) is 30.5 Å². The summed E-state index contributed by atoms with van der Waals surface area (Å²) in [5, 5.41) is 10.6. The summed E-state index contributed by atoms with van der Waals surface area (Å²) < 4.78 is 13.4. The smallest absolute Gasteiger partial charge is 0.272 e. The molecule has 1 saturated heterocycles. The molecule has 7 heteroatoms. The number of anilines is 1. The van der Waals surface area contributed by atoms with Gasteiger partial charge in [0.05, 0.1) is 11.3 Å². The first-order valence-corrected chi connectivity index (χ1v) is 10.4. The fourth-order valence-electron chi connectivity index (χ4n) is 3.95. The fraction of sp³-hybridized carbons (Fsp3) is 0.391. The first-order chi connectivity index (χ1) is 14.5. The molecule has 1 atom stereocenters. The normalized spacial score (nSPS) is 16.4. The second-order valence-electron chi connectivity index (χ2n) is 7.83. The third kappa shape index (κ3) is 4.26. The SMILES string of the molecule is Cc1noc(C)c1-c1cc(NC(=O)c2cccn2C)ccc1OCC1CCCCN1. The van der Waals surface area contributed by atoms with Crippen LogP contribution >= 0.6 is 0 Å². The highest BCUT2D eigenvalue weighted by molar-refractivity contribution is 6.03. The molecule has 2 aromatic heterocycles. The number of carbonyl (C=O) groups is 1. The molecule has 30 heavy (non-hydrogen) atoms. The number of piperidine rings is 1. The Hall–Kier alpha value is -3.06. The van der Waals surface area contributed by atoms with E-state index in [4.69, 9.17) is 9.26 Å². The van der Waals surface area contributed by atoms with E-state index in [0.717, 1.165) is 41.3 Å². The maximum atomic E-state index is 12.6. The number of aromatic nitrogens is 2. The Kier molecular flexibility index (Phi) is 5.90. The van der Waals surface area contributed by atoms with Crippen molar-refractivity contribution in [1.82, 2.24) is 15.0 Å². The van der Waals surface area contributed by atoms with Gasteiger partial charge in [0.2, 0.25) is 0 Å². The Morgan fingerprint density at radius 2 is 2.20 bits per heavy atom. The van der Waals surface area contributed by atoms with E-state index in [0.29, 0.717) is 24.0 Å². The quantitative estimate of drug-likeness (QED) is 0.643. The number of nitrogens with one attached hydrogen (secondary N) is 2. The van der Waals surface area contributed by atoms with Crippen LogP contribution in [0.15, 0.2) is 41.1 Å². The van der Waals surface area contributed by atoms with Crippen LogP contribution in [-0.2, 0) is 7.05 Å². The van der Waals surface area contributed by atoms with E-state index < -0.39 is 0 Å². The summed E-state index contributed by atoms with van der Waals surface area (Å²) in [6.07, 6.45) is 5.41. The summed E-state index contributed by atoms with van der Waals surface area (Å²) in [5.74, 6) is 1.32. The summed E-state index contributed by atoms with van der Waals surface area (Å²) in [6.45, 7) is 5.44. The maximum absolute atomic E-state index is 12.6. The zero-order valence-electron chi connectivity index (χ0n) is 17.7. The van der Waals surface area contributed by atoms with Crippen molar-refractivity contribution < 1.29 is 14.1 Å².